The minimum absolute atomic E-state index is 0.102. The van der Waals surface area contributed by atoms with Gasteiger partial charge in [0.2, 0.25) is 0 Å². The SMILES string of the molecule is CC(C)Sc1ccc(C(=O)N(Cc2cccnc2)c2nc3c(Cl)cccc3s2)cc1. The van der Waals surface area contributed by atoms with Crippen molar-refractivity contribution in [1.82, 2.24) is 9.97 Å². The highest BCUT2D eigenvalue weighted by Gasteiger charge is 2.22. The van der Waals surface area contributed by atoms with E-state index >= 15 is 0 Å². The zero-order valence-corrected chi connectivity index (χ0v) is 19.0. The number of thiazole rings is 1. The molecule has 0 aliphatic rings. The van der Waals surface area contributed by atoms with Gasteiger partial charge in [0.1, 0.15) is 5.52 Å². The number of amides is 1. The highest BCUT2D eigenvalue weighted by molar-refractivity contribution is 7.99. The largest absolute Gasteiger partial charge is 0.279 e. The zero-order chi connectivity index (χ0) is 21.1. The number of pyridine rings is 1. The number of fused-ring (bicyclic) bond motifs is 1. The standard InChI is InChI=1S/C23H20ClN3OS2/c1-15(2)29-18-10-8-17(9-11-18)22(28)27(14-16-5-4-12-25-13-16)23-26-21-19(24)6-3-7-20(21)30-23/h3-13,15H,14H2,1-2H3. The van der Waals surface area contributed by atoms with Crippen molar-refractivity contribution in [1.29, 1.82) is 0 Å². The average molecular weight is 454 g/mol. The molecule has 0 spiro atoms. The Morgan fingerprint density at radius 2 is 1.93 bits per heavy atom. The first-order chi connectivity index (χ1) is 14.5. The fraction of sp³-hybridized carbons (Fsp3) is 0.174. The van der Waals surface area contributed by atoms with Crippen LogP contribution in [0.2, 0.25) is 5.02 Å². The van der Waals surface area contributed by atoms with E-state index in [4.69, 9.17) is 11.6 Å². The molecule has 0 aliphatic carbocycles. The Hall–Kier alpha value is -2.41. The van der Waals surface area contributed by atoms with E-state index in [-0.39, 0.29) is 5.91 Å². The molecule has 4 aromatic rings. The van der Waals surface area contributed by atoms with Crippen molar-refractivity contribution in [2.75, 3.05) is 4.90 Å². The van der Waals surface area contributed by atoms with Gasteiger partial charge in [-0.15, -0.1) is 11.8 Å². The number of rotatable bonds is 6. The highest BCUT2D eigenvalue weighted by atomic mass is 35.5. The second-order valence-corrected chi connectivity index (χ2v) is 10.1. The van der Waals surface area contributed by atoms with Gasteiger partial charge in [-0.2, -0.15) is 0 Å². The Morgan fingerprint density at radius 3 is 2.60 bits per heavy atom. The summed E-state index contributed by atoms with van der Waals surface area (Å²) in [4.78, 5) is 25.2. The summed E-state index contributed by atoms with van der Waals surface area (Å²) in [6.07, 6.45) is 3.49. The summed E-state index contributed by atoms with van der Waals surface area (Å²) < 4.78 is 0.949. The summed E-state index contributed by atoms with van der Waals surface area (Å²) in [5.74, 6) is -0.102. The van der Waals surface area contributed by atoms with Crippen molar-refractivity contribution >= 4 is 56.0 Å². The Morgan fingerprint density at radius 1 is 1.13 bits per heavy atom. The van der Waals surface area contributed by atoms with Gasteiger partial charge in [0, 0.05) is 28.1 Å². The summed E-state index contributed by atoms with van der Waals surface area (Å²) in [6.45, 7) is 4.68. The molecular weight excluding hydrogens is 434 g/mol. The molecule has 0 radical (unpaired) electrons. The third kappa shape index (κ3) is 4.67. The lowest BCUT2D eigenvalue weighted by atomic mass is 10.2. The van der Waals surface area contributed by atoms with E-state index in [1.807, 2.05) is 54.6 Å². The predicted molar refractivity (Wildman–Crippen MR) is 127 cm³/mol. The Labute approximate surface area is 188 Å². The summed E-state index contributed by atoms with van der Waals surface area (Å²) in [6, 6.07) is 17.2. The second-order valence-electron chi connectivity index (χ2n) is 7.03. The lowest BCUT2D eigenvalue weighted by Crippen LogP contribution is -2.30. The number of carbonyl (C=O) groups excluding carboxylic acids is 1. The molecule has 0 N–H and O–H groups in total. The van der Waals surface area contributed by atoms with Crippen LogP contribution in [0, 0.1) is 0 Å². The van der Waals surface area contributed by atoms with Gasteiger partial charge >= 0.3 is 0 Å². The van der Waals surface area contributed by atoms with Gasteiger partial charge in [0.05, 0.1) is 16.3 Å². The van der Waals surface area contributed by atoms with Crippen molar-refractivity contribution in [2.45, 2.75) is 30.5 Å². The van der Waals surface area contributed by atoms with Gasteiger partial charge < -0.3 is 0 Å². The van der Waals surface area contributed by atoms with Crippen molar-refractivity contribution in [3.63, 3.8) is 0 Å². The van der Waals surface area contributed by atoms with Crippen LogP contribution in [-0.4, -0.2) is 21.1 Å². The fourth-order valence-corrected chi connectivity index (χ4v) is 5.12. The number of nitrogens with zero attached hydrogens (tertiary/aromatic N) is 3. The summed E-state index contributed by atoms with van der Waals surface area (Å²) in [7, 11) is 0. The van der Waals surface area contributed by atoms with Crippen LogP contribution in [0.15, 0.2) is 71.9 Å². The monoisotopic (exact) mass is 453 g/mol. The first-order valence-corrected chi connectivity index (χ1v) is 11.6. The topological polar surface area (TPSA) is 46.1 Å². The molecule has 2 aromatic heterocycles. The quantitative estimate of drug-likeness (QED) is 0.305. The first-order valence-electron chi connectivity index (χ1n) is 9.54. The Balaban J connectivity index is 1.70. The number of hydrogen-bond acceptors (Lipinski definition) is 5. The molecule has 4 rings (SSSR count). The molecule has 0 unspecified atom stereocenters. The van der Waals surface area contributed by atoms with Gasteiger partial charge in [0.25, 0.3) is 5.91 Å². The fourth-order valence-electron chi connectivity index (χ4n) is 3.02. The number of aromatic nitrogens is 2. The minimum atomic E-state index is -0.102. The van der Waals surface area contributed by atoms with Crippen molar-refractivity contribution in [2.24, 2.45) is 0 Å². The lowest BCUT2D eigenvalue weighted by molar-refractivity contribution is 0.0985. The van der Waals surface area contributed by atoms with E-state index in [0.29, 0.717) is 33.0 Å². The summed E-state index contributed by atoms with van der Waals surface area (Å²) in [5.41, 5.74) is 2.27. The van der Waals surface area contributed by atoms with Crippen LogP contribution in [-0.2, 0) is 6.54 Å². The number of carbonyl (C=O) groups is 1. The van der Waals surface area contributed by atoms with Crippen LogP contribution in [0.4, 0.5) is 5.13 Å². The predicted octanol–water partition coefficient (Wildman–Crippen LogP) is 6.69. The number of benzene rings is 2. The van der Waals surface area contributed by atoms with Crippen LogP contribution < -0.4 is 4.90 Å². The molecule has 4 nitrogen and oxygen atoms in total. The van der Waals surface area contributed by atoms with E-state index in [2.05, 4.69) is 23.8 Å². The smallest absolute Gasteiger partial charge is 0.260 e. The Kier molecular flexibility index (Phi) is 6.37. The maximum atomic E-state index is 13.5. The highest BCUT2D eigenvalue weighted by Crippen LogP contribution is 2.34. The van der Waals surface area contributed by atoms with Gasteiger partial charge in [-0.1, -0.05) is 48.9 Å². The number of hydrogen-bond donors (Lipinski definition) is 0. The third-order valence-electron chi connectivity index (χ3n) is 4.37. The first kappa shape index (κ1) is 20.8. The summed E-state index contributed by atoms with van der Waals surface area (Å²) in [5, 5.41) is 1.69. The maximum absolute atomic E-state index is 13.5. The number of thioether (sulfide) groups is 1. The average Bonchev–Trinajstić information content (AvgIpc) is 3.18. The van der Waals surface area contributed by atoms with Crippen LogP contribution in [0.1, 0.15) is 29.8 Å². The number of anilines is 1. The van der Waals surface area contributed by atoms with E-state index in [1.54, 1.807) is 29.1 Å². The molecule has 2 aromatic carbocycles. The summed E-state index contributed by atoms with van der Waals surface area (Å²) >= 11 is 9.55. The molecule has 0 saturated heterocycles. The normalized spacial score (nSPS) is 11.2. The Bertz CT molecular complexity index is 1160. The van der Waals surface area contributed by atoms with Gasteiger partial charge in [0.15, 0.2) is 5.13 Å². The van der Waals surface area contributed by atoms with Gasteiger partial charge in [-0.25, -0.2) is 4.98 Å². The molecule has 1 amide bonds. The zero-order valence-electron chi connectivity index (χ0n) is 16.6. The van der Waals surface area contributed by atoms with Gasteiger partial charge in [-0.3, -0.25) is 14.7 Å². The molecule has 0 aliphatic heterocycles. The van der Waals surface area contributed by atoms with Crippen LogP contribution in [0.25, 0.3) is 10.2 Å². The molecule has 152 valence electrons. The van der Waals surface area contributed by atoms with Crippen LogP contribution in [0.5, 0.6) is 0 Å². The second kappa shape index (κ2) is 9.16. The molecule has 7 heteroatoms. The third-order valence-corrected chi connectivity index (χ3v) is 6.74. The van der Waals surface area contributed by atoms with E-state index < -0.39 is 0 Å². The molecule has 0 saturated carbocycles. The van der Waals surface area contributed by atoms with Crippen molar-refractivity contribution in [3.8, 4) is 0 Å². The molecule has 0 fully saturated rings. The maximum Gasteiger partial charge on any atom is 0.260 e. The molecule has 2 heterocycles. The van der Waals surface area contributed by atoms with Crippen molar-refractivity contribution in [3.05, 3.63) is 83.1 Å². The van der Waals surface area contributed by atoms with Gasteiger partial charge in [-0.05, 0) is 48.0 Å². The van der Waals surface area contributed by atoms with Crippen LogP contribution >= 0.6 is 34.7 Å². The number of halogens is 1. The van der Waals surface area contributed by atoms with Crippen LogP contribution in [0.3, 0.4) is 0 Å². The van der Waals surface area contributed by atoms with Crippen molar-refractivity contribution < 1.29 is 4.79 Å². The molecule has 30 heavy (non-hydrogen) atoms. The molecule has 0 atom stereocenters. The van der Waals surface area contributed by atoms with E-state index in [0.717, 1.165) is 15.2 Å². The lowest BCUT2D eigenvalue weighted by Gasteiger charge is -2.20. The minimum Gasteiger partial charge on any atom is -0.279 e. The van der Waals surface area contributed by atoms with E-state index in [1.165, 1.54) is 11.3 Å². The van der Waals surface area contributed by atoms with E-state index in [9.17, 15) is 4.79 Å². The number of para-hydroxylation sites is 1. The molecular formula is C23H20ClN3OS2. The molecule has 0 bridgehead atoms.